The number of para-hydroxylation sites is 1. The van der Waals surface area contributed by atoms with E-state index in [0.717, 1.165) is 42.2 Å². The van der Waals surface area contributed by atoms with E-state index in [0.29, 0.717) is 5.69 Å². The van der Waals surface area contributed by atoms with Crippen molar-refractivity contribution in [3.05, 3.63) is 71.3 Å². The number of carbonyl (C=O) groups is 2. The van der Waals surface area contributed by atoms with E-state index in [1.54, 1.807) is 0 Å². The van der Waals surface area contributed by atoms with Gasteiger partial charge in [-0.2, -0.15) is 0 Å². The average Bonchev–Trinajstić information content (AvgIpc) is 3.10. The third-order valence-electron chi connectivity index (χ3n) is 5.04. The highest BCUT2D eigenvalue weighted by Gasteiger charge is 2.22. The SMILES string of the molecule is CC(=O)Nc1ccc(C(=O)CSc2nc3c(n2-c2ccccc2)CCCC3)c(F)c1. The minimum absolute atomic E-state index is 0.0131. The van der Waals surface area contributed by atoms with Crippen molar-refractivity contribution in [2.45, 2.75) is 37.8 Å². The standard InChI is InChI=1S/C23H22FN3O2S/c1-15(28)25-16-11-12-18(19(24)13-16)22(29)14-30-23-26-20-9-5-6-10-21(20)27(23)17-7-3-2-4-8-17/h2-4,7-8,11-13H,5-6,9-10,14H2,1H3,(H,25,28). The molecule has 0 spiro atoms. The molecule has 3 aromatic rings. The summed E-state index contributed by atoms with van der Waals surface area (Å²) in [5.74, 6) is -1.16. The number of thioether (sulfide) groups is 1. The average molecular weight is 424 g/mol. The highest BCUT2D eigenvalue weighted by atomic mass is 32.2. The van der Waals surface area contributed by atoms with Gasteiger partial charge >= 0.3 is 0 Å². The van der Waals surface area contributed by atoms with Gasteiger partial charge in [0, 0.05) is 24.0 Å². The van der Waals surface area contributed by atoms with Crippen LogP contribution in [0.1, 0.15) is 41.5 Å². The number of aryl methyl sites for hydroxylation is 1. The minimum Gasteiger partial charge on any atom is -0.326 e. The molecule has 0 atom stereocenters. The predicted octanol–water partition coefficient (Wildman–Crippen LogP) is 4.82. The van der Waals surface area contributed by atoms with Crippen molar-refractivity contribution >= 4 is 29.1 Å². The Morgan fingerprint density at radius 3 is 2.63 bits per heavy atom. The second-order valence-electron chi connectivity index (χ2n) is 7.25. The second-order valence-corrected chi connectivity index (χ2v) is 8.20. The number of benzene rings is 2. The van der Waals surface area contributed by atoms with Crippen LogP contribution in [0.25, 0.3) is 5.69 Å². The topological polar surface area (TPSA) is 64.0 Å². The largest absolute Gasteiger partial charge is 0.326 e. The Bertz CT molecular complexity index is 1100. The summed E-state index contributed by atoms with van der Waals surface area (Å²) in [5, 5.41) is 3.28. The maximum absolute atomic E-state index is 14.4. The van der Waals surface area contributed by atoms with Crippen molar-refractivity contribution in [1.82, 2.24) is 9.55 Å². The van der Waals surface area contributed by atoms with E-state index in [2.05, 4.69) is 9.88 Å². The van der Waals surface area contributed by atoms with Crippen molar-refractivity contribution in [3.63, 3.8) is 0 Å². The van der Waals surface area contributed by atoms with Crippen LogP contribution in [0.2, 0.25) is 0 Å². The maximum Gasteiger partial charge on any atom is 0.221 e. The zero-order valence-corrected chi connectivity index (χ0v) is 17.5. The monoisotopic (exact) mass is 423 g/mol. The normalized spacial score (nSPS) is 13.0. The second kappa shape index (κ2) is 8.83. The lowest BCUT2D eigenvalue weighted by Gasteiger charge is -2.15. The molecule has 0 saturated heterocycles. The molecule has 5 nitrogen and oxygen atoms in total. The van der Waals surface area contributed by atoms with Gasteiger partial charge in [0.25, 0.3) is 0 Å². The number of Topliss-reactive ketones (excluding diaryl/α,β-unsaturated/α-hetero) is 1. The van der Waals surface area contributed by atoms with Gasteiger partial charge in [-0.05, 0) is 56.0 Å². The highest BCUT2D eigenvalue weighted by molar-refractivity contribution is 7.99. The molecular formula is C23H22FN3O2S. The first-order valence-electron chi connectivity index (χ1n) is 9.92. The lowest BCUT2D eigenvalue weighted by atomic mass is 10.0. The Morgan fingerprint density at radius 2 is 1.90 bits per heavy atom. The number of nitrogens with zero attached hydrogens (tertiary/aromatic N) is 2. The number of hydrogen-bond acceptors (Lipinski definition) is 4. The number of aromatic nitrogens is 2. The van der Waals surface area contributed by atoms with Crippen molar-refractivity contribution < 1.29 is 14.0 Å². The summed E-state index contributed by atoms with van der Waals surface area (Å²) < 4.78 is 16.5. The van der Waals surface area contributed by atoms with Gasteiger partial charge in [-0.1, -0.05) is 30.0 Å². The zero-order chi connectivity index (χ0) is 21.1. The smallest absolute Gasteiger partial charge is 0.221 e. The molecule has 1 aliphatic carbocycles. The minimum atomic E-state index is -0.641. The molecule has 0 fully saturated rings. The summed E-state index contributed by atoms with van der Waals surface area (Å²) in [6.07, 6.45) is 4.15. The van der Waals surface area contributed by atoms with Crippen molar-refractivity contribution in [2.24, 2.45) is 0 Å². The lowest BCUT2D eigenvalue weighted by molar-refractivity contribution is -0.114. The summed E-state index contributed by atoms with van der Waals surface area (Å²) in [6.45, 7) is 1.35. The quantitative estimate of drug-likeness (QED) is 0.456. The van der Waals surface area contributed by atoms with Crippen LogP contribution in [0.3, 0.4) is 0 Å². The van der Waals surface area contributed by atoms with Gasteiger partial charge in [0.2, 0.25) is 5.91 Å². The fourth-order valence-corrected chi connectivity index (χ4v) is 4.62. The van der Waals surface area contributed by atoms with Crippen LogP contribution in [0.4, 0.5) is 10.1 Å². The summed E-state index contributed by atoms with van der Waals surface area (Å²) in [6, 6.07) is 14.1. The van der Waals surface area contributed by atoms with Crippen LogP contribution in [-0.4, -0.2) is 27.0 Å². The number of nitrogens with one attached hydrogen (secondary N) is 1. The van der Waals surface area contributed by atoms with Crippen LogP contribution >= 0.6 is 11.8 Å². The highest BCUT2D eigenvalue weighted by Crippen LogP contribution is 2.31. The molecule has 0 bridgehead atoms. The number of amides is 1. The molecule has 2 aromatic carbocycles. The van der Waals surface area contributed by atoms with Gasteiger partial charge in [-0.15, -0.1) is 0 Å². The van der Waals surface area contributed by atoms with Crippen molar-refractivity contribution in [1.29, 1.82) is 0 Å². The third kappa shape index (κ3) is 4.31. The summed E-state index contributed by atoms with van der Waals surface area (Å²) >= 11 is 1.33. The summed E-state index contributed by atoms with van der Waals surface area (Å²) in [4.78, 5) is 28.6. The number of ketones is 1. The number of rotatable bonds is 6. The van der Waals surface area contributed by atoms with Crippen LogP contribution in [0.5, 0.6) is 0 Å². The number of fused-ring (bicyclic) bond motifs is 1. The predicted molar refractivity (Wildman–Crippen MR) is 116 cm³/mol. The van der Waals surface area contributed by atoms with Gasteiger partial charge in [0.05, 0.1) is 17.0 Å². The van der Waals surface area contributed by atoms with E-state index in [1.165, 1.54) is 42.6 Å². The van der Waals surface area contributed by atoms with Gasteiger partial charge in [0.1, 0.15) is 5.82 Å². The summed E-state index contributed by atoms with van der Waals surface area (Å²) in [5.41, 5.74) is 3.66. The molecule has 1 aliphatic rings. The number of imidazole rings is 1. The molecule has 154 valence electrons. The van der Waals surface area contributed by atoms with Crippen molar-refractivity contribution in [2.75, 3.05) is 11.1 Å². The lowest BCUT2D eigenvalue weighted by Crippen LogP contribution is -2.10. The molecule has 30 heavy (non-hydrogen) atoms. The number of halogens is 1. The van der Waals surface area contributed by atoms with E-state index in [1.807, 2.05) is 30.3 Å². The van der Waals surface area contributed by atoms with Gasteiger partial charge in [-0.3, -0.25) is 14.2 Å². The first kappa shape index (κ1) is 20.3. The Labute approximate surface area is 178 Å². The van der Waals surface area contributed by atoms with Crippen LogP contribution in [0, 0.1) is 5.82 Å². The Kier molecular flexibility index (Phi) is 5.99. The Hall–Kier alpha value is -2.93. The zero-order valence-electron chi connectivity index (χ0n) is 16.7. The first-order valence-corrected chi connectivity index (χ1v) is 10.9. The van der Waals surface area contributed by atoms with Crippen LogP contribution in [-0.2, 0) is 17.6 Å². The van der Waals surface area contributed by atoms with Crippen LogP contribution in [0.15, 0.2) is 53.7 Å². The Morgan fingerprint density at radius 1 is 1.13 bits per heavy atom. The molecule has 0 aliphatic heterocycles. The van der Waals surface area contributed by atoms with Crippen LogP contribution < -0.4 is 5.32 Å². The van der Waals surface area contributed by atoms with Crippen molar-refractivity contribution in [3.8, 4) is 5.69 Å². The van der Waals surface area contributed by atoms with Gasteiger partial charge in [0.15, 0.2) is 10.9 Å². The van der Waals surface area contributed by atoms with Gasteiger partial charge in [-0.25, -0.2) is 9.37 Å². The van der Waals surface area contributed by atoms with E-state index >= 15 is 0 Å². The maximum atomic E-state index is 14.4. The van der Waals surface area contributed by atoms with E-state index in [4.69, 9.17) is 4.98 Å². The molecule has 1 N–H and O–H groups in total. The number of hydrogen-bond donors (Lipinski definition) is 1. The van der Waals surface area contributed by atoms with E-state index in [9.17, 15) is 14.0 Å². The molecule has 1 heterocycles. The Balaban J connectivity index is 1.56. The molecule has 0 radical (unpaired) electrons. The molecule has 0 saturated carbocycles. The molecule has 1 aromatic heterocycles. The fraction of sp³-hybridized carbons (Fsp3) is 0.261. The molecule has 0 unspecified atom stereocenters. The molecular weight excluding hydrogens is 401 g/mol. The number of anilines is 1. The van der Waals surface area contributed by atoms with Gasteiger partial charge < -0.3 is 5.32 Å². The van der Waals surface area contributed by atoms with E-state index < -0.39 is 5.82 Å². The molecule has 7 heteroatoms. The molecule has 1 amide bonds. The number of carbonyl (C=O) groups excluding carboxylic acids is 2. The van der Waals surface area contributed by atoms with E-state index in [-0.39, 0.29) is 23.0 Å². The fourth-order valence-electron chi connectivity index (χ4n) is 3.69. The third-order valence-corrected chi connectivity index (χ3v) is 5.98. The molecule has 4 rings (SSSR count). The first-order chi connectivity index (χ1) is 14.5. The summed E-state index contributed by atoms with van der Waals surface area (Å²) in [7, 11) is 0.